The van der Waals surface area contributed by atoms with Crippen molar-refractivity contribution in [2.75, 3.05) is 5.32 Å². The number of aliphatic hydroxyl groups excluding tert-OH is 1. The molecule has 1 aromatic carbocycles. The molecule has 20 heavy (non-hydrogen) atoms. The Bertz CT molecular complexity index is 620. The summed E-state index contributed by atoms with van der Waals surface area (Å²) in [7, 11) is 0. The van der Waals surface area contributed by atoms with Crippen molar-refractivity contribution in [1.29, 1.82) is 0 Å². The molecule has 1 aromatic heterocycles. The molecule has 1 unspecified atom stereocenters. The van der Waals surface area contributed by atoms with Crippen molar-refractivity contribution < 1.29 is 9.90 Å². The fourth-order valence-electron chi connectivity index (χ4n) is 1.86. The van der Waals surface area contributed by atoms with Crippen LogP contribution in [0.5, 0.6) is 0 Å². The average molecular weight is 290 g/mol. The number of aliphatic hydroxyl groups is 1. The molecule has 0 saturated carbocycles. The van der Waals surface area contributed by atoms with Gasteiger partial charge < -0.3 is 10.4 Å². The van der Waals surface area contributed by atoms with E-state index in [0.29, 0.717) is 17.2 Å². The van der Waals surface area contributed by atoms with Crippen LogP contribution < -0.4 is 5.32 Å². The molecule has 1 heterocycles. The van der Waals surface area contributed by atoms with Crippen molar-refractivity contribution in [3.63, 3.8) is 0 Å². The summed E-state index contributed by atoms with van der Waals surface area (Å²) in [6.45, 7) is 5.66. The second-order valence-corrected chi connectivity index (χ2v) is 5.77. The normalized spacial score (nSPS) is 12.2. The Morgan fingerprint density at radius 1 is 1.45 bits per heavy atom. The highest BCUT2D eigenvalue weighted by molar-refractivity contribution is 7.13. The highest BCUT2D eigenvalue weighted by atomic mass is 32.1. The number of benzene rings is 1. The summed E-state index contributed by atoms with van der Waals surface area (Å²) in [5, 5.41) is 14.4. The maximum Gasteiger partial charge on any atom is 0.230 e. The molecule has 2 rings (SSSR count). The first-order chi connectivity index (χ1) is 9.45. The van der Waals surface area contributed by atoms with Gasteiger partial charge in [-0.3, -0.25) is 4.79 Å². The Balaban J connectivity index is 2.03. The van der Waals surface area contributed by atoms with Gasteiger partial charge in [0.15, 0.2) is 5.13 Å². The number of aryl methyl sites for hydroxylation is 2. The number of carbonyl (C=O) groups is 1. The first kappa shape index (κ1) is 14.7. The zero-order valence-corrected chi connectivity index (χ0v) is 12.6. The fourth-order valence-corrected chi connectivity index (χ4v) is 2.68. The number of thiazole rings is 1. The quantitative estimate of drug-likeness (QED) is 0.910. The lowest BCUT2D eigenvalue weighted by molar-refractivity contribution is -0.115. The van der Waals surface area contributed by atoms with Crippen molar-refractivity contribution in [1.82, 2.24) is 4.98 Å². The second kappa shape index (κ2) is 6.15. The van der Waals surface area contributed by atoms with E-state index in [1.807, 2.05) is 32.0 Å². The molecule has 106 valence electrons. The Hall–Kier alpha value is -1.72. The van der Waals surface area contributed by atoms with Gasteiger partial charge in [0.05, 0.1) is 18.2 Å². The Morgan fingerprint density at radius 3 is 2.85 bits per heavy atom. The third-order valence-electron chi connectivity index (χ3n) is 3.05. The molecule has 0 saturated heterocycles. The lowest BCUT2D eigenvalue weighted by Gasteiger charge is -2.07. The minimum atomic E-state index is -0.615. The number of carbonyl (C=O) groups excluding carboxylic acids is 1. The SMILES string of the molecule is Cc1ccc(C)c(CC(=O)Nc2nc(C(C)O)cs2)c1. The van der Waals surface area contributed by atoms with E-state index < -0.39 is 6.10 Å². The predicted molar refractivity (Wildman–Crippen MR) is 81.0 cm³/mol. The van der Waals surface area contributed by atoms with Crippen molar-refractivity contribution in [3.05, 3.63) is 46.0 Å². The number of hydrogen-bond acceptors (Lipinski definition) is 4. The Kier molecular flexibility index (Phi) is 4.52. The summed E-state index contributed by atoms with van der Waals surface area (Å²) < 4.78 is 0. The van der Waals surface area contributed by atoms with Gasteiger partial charge in [0, 0.05) is 5.38 Å². The second-order valence-electron chi connectivity index (χ2n) is 4.91. The minimum absolute atomic E-state index is 0.0924. The molecular weight excluding hydrogens is 272 g/mol. The molecule has 1 atom stereocenters. The zero-order chi connectivity index (χ0) is 14.7. The van der Waals surface area contributed by atoms with Crippen LogP contribution in [0.1, 0.15) is 35.4 Å². The lowest BCUT2D eigenvalue weighted by Crippen LogP contribution is -2.15. The molecule has 0 bridgehead atoms. The van der Waals surface area contributed by atoms with Gasteiger partial charge in [-0.2, -0.15) is 0 Å². The van der Waals surface area contributed by atoms with Crippen molar-refractivity contribution in [2.24, 2.45) is 0 Å². The van der Waals surface area contributed by atoms with Crippen molar-refractivity contribution in [2.45, 2.75) is 33.3 Å². The van der Waals surface area contributed by atoms with Gasteiger partial charge in [0.2, 0.25) is 5.91 Å². The number of nitrogens with one attached hydrogen (secondary N) is 1. The van der Waals surface area contributed by atoms with Crippen LogP contribution in [-0.4, -0.2) is 16.0 Å². The highest BCUT2D eigenvalue weighted by Gasteiger charge is 2.11. The van der Waals surface area contributed by atoms with Crippen LogP contribution in [0.4, 0.5) is 5.13 Å². The summed E-state index contributed by atoms with van der Waals surface area (Å²) in [6, 6.07) is 6.08. The van der Waals surface area contributed by atoms with Crippen LogP contribution >= 0.6 is 11.3 Å². The maximum atomic E-state index is 12.0. The zero-order valence-electron chi connectivity index (χ0n) is 11.8. The molecule has 2 aromatic rings. The molecule has 1 amide bonds. The van der Waals surface area contributed by atoms with Gasteiger partial charge >= 0.3 is 0 Å². The Morgan fingerprint density at radius 2 is 2.20 bits per heavy atom. The summed E-state index contributed by atoms with van der Waals surface area (Å²) in [6.07, 6.45) is -0.284. The third-order valence-corrected chi connectivity index (χ3v) is 3.83. The summed E-state index contributed by atoms with van der Waals surface area (Å²) in [4.78, 5) is 16.2. The molecule has 0 aliphatic carbocycles. The maximum absolute atomic E-state index is 12.0. The largest absolute Gasteiger partial charge is 0.387 e. The van der Waals surface area contributed by atoms with Crippen LogP contribution in [0.15, 0.2) is 23.6 Å². The molecule has 0 spiro atoms. The van der Waals surface area contributed by atoms with E-state index in [0.717, 1.165) is 16.7 Å². The standard InChI is InChI=1S/C15H18N2O2S/c1-9-4-5-10(2)12(6-9)7-14(19)17-15-16-13(8-20-15)11(3)18/h4-6,8,11,18H,7H2,1-3H3,(H,16,17,19). The summed E-state index contributed by atoms with van der Waals surface area (Å²) >= 11 is 1.32. The average Bonchev–Trinajstić information content (AvgIpc) is 2.82. The van der Waals surface area contributed by atoms with Gasteiger partial charge in [-0.05, 0) is 31.9 Å². The fraction of sp³-hybridized carbons (Fsp3) is 0.333. The van der Waals surface area contributed by atoms with Crippen molar-refractivity contribution in [3.8, 4) is 0 Å². The first-order valence-electron chi connectivity index (χ1n) is 6.45. The van der Waals surface area contributed by atoms with Crippen LogP contribution in [0.2, 0.25) is 0 Å². The number of amides is 1. The van der Waals surface area contributed by atoms with Crippen LogP contribution in [0.3, 0.4) is 0 Å². The lowest BCUT2D eigenvalue weighted by atomic mass is 10.0. The molecule has 0 fully saturated rings. The smallest absolute Gasteiger partial charge is 0.230 e. The number of anilines is 1. The van der Waals surface area contributed by atoms with Gasteiger partial charge in [-0.25, -0.2) is 4.98 Å². The topological polar surface area (TPSA) is 62.2 Å². The predicted octanol–water partition coefficient (Wildman–Crippen LogP) is 2.99. The Labute approximate surface area is 122 Å². The van der Waals surface area contributed by atoms with Crippen LogP contribution in [0.25, 0.3) is 0 Å². The minimum Gasteiger partial charge on any atom is -0.387 e. The summed E-state index contributed by atoms with van der Waals surface area (Å²) in [5.41, 5.74) is 3.85. The molecule has 4 nitrogen and oxygen atoms in total. The molecule has 5 heteroatoms. The van der Waals surface area contributed by atoms with Gasteiger partial charge in [-0.15, -0.1) is 11.3 Å². The first-order valence-corrected chi connectivity index (χ1v) is 7.33. The van der Waals surface area contributed by atoms with E-state index in [2.05, 4.69) is 10.3 Å². The van der Waals surface area contributed by atoms with E-state index in [1.54, 1.807) is 12.3 Å². The molecular formula is C15H18N2O2S. The number of hydrogen-bond donors (Lipinski definition) is 2. The molecule has 0 radical (unpaired) electrons. The van der Waals surface area contributed by atoms with Crippen molar-refractivity contribution >= 4 is 22.4 Å². The van der Waals surface area contributed by atoms with E-state index in [9.17, 15) is 9.90 Å². The number of nitrogens with zero attached hydrogens (tertiary/aromatic N) is 1. The molecule has 2 N–H and O–H groups in total. The van der Waals surface area contributed by atoms with Crippen LogP contribution in [0, 0.1) is 13.8 Å². The molecule has 0 aliphatic rings. The summed E-state index contributed by atoms with van der Waals surface area (Å²) in [5.74, 6) is -0.0924. The van der Waals surface area contributed by atoms with E-state index in [-0.39, 0.29) is 5.91 Å². The third kappa shape index (κ3) is 3.65. The van der Waals surface area contributed by atoms with Crippen LogP contribution in [-0.2, 0) is 11.2 Å². The molecule has 0 aliphatic heterocycles. The monoisotopic (exact) mass is 290 g/mol. The van der Waals surface area contributed by atoms with E-state index in [4.69, 9.17) is 0 Å². The number of aromatic nitrogens is 1. The van der Waals surface area contributed by atoms with Gasteiger partial charge in [0.25, 0.3) is 0 Å². The van der Waals surface area contributed by atoms with E-state index >= 15 is 0 Å². The highest BCUT2D eigenvalue weighted by Crippen LogP contribution is 2.20. The van der Waals surface area contributed by atoms with Gasteiger partial charge in [0.1, 0.15) is 0 Å². The van der Waals surface area contributed by atoms with Gasteiger partial charge in [-0.1, -0.05) is 23.8 Å². The number of rotatable bonds is 4. The van der Waals surface area contributed by atoms with E-state index in [1.165, 1.54) is 11.3 Å².